The van der Waals surface area contributed by atoms with E-state index >= 15 is 0 Å². The highest BCUT2D eigenvalue weighted by molar-refractivity contribution is 5.88. The number of aromatic nitrogens is 4. The Bertz CT molecular complexity index is 556. The lowest BCUT2D eigenvalue weighted by Gasteiger charge is -2.11. The van der Waals surface area contributed by atoms with Crippen LogP contribution in [-0.2, 0) is 11.3 Å². The number of hydrogen-bond donors (Lipinski definition) is 0. The average molecular weight is 262 g/mol. The van der Waals surface area contributed by atoms with E-state index in [0.29, 0.717) is 24.8 Å². The molecule has 0 atom stereocenters. The van der Waals surface area contributed by atoms with Gasteiger partial charge in [-0.05, 0) is 20.8 Å². The van der Waals surface area contributed by atoms with Crippen molar-refractivity contribution in [2.24, 2.45) is 0 Å². The highest BCUT2D eigenvalue weighted by Gasteiger charge is 2.11. The zero-order valence-electron chi connectivity index (χ0n) is 11.4. The largest absolute Gasteiger partial charge is 0.462 e. The molecule has 2 aromatic rings. The summed E-state index contributed by atoms with van der Waals surface area (Å²) in [4.78, 5) is 15.7. The molecule has 0 aliphatic carbocycles. The first-order valence-electron chi connectivity index (χ1n) is 6.32. The van der Waals surface area contributed by atoms with Crippen molar-refractivity contribution < 1.29 is 9.53 Å². The summed E-state index contributed by atoms with van der Waals surface area (Å²) in [6.45, 7) is 6.92. The summed E-state index contributed by atoms with van der Waals surface area (Å²) in [5, 5.41) is 4.17. The normalized spacial score (nSPS) is 10.9. The Morgan fingerprint density at radius 1 is 1.42 bits per heavy atom. The molecule has 0 spiro atoms. The number of nitrogens with zero attached hydrogens (tertiary/aromatic N) is 4. The standard InChI is InChI=1S/C13H18N4O2/c1-4-19-13(18)11-5-15-16(7-11)8-12-6-14-9-17(12)10(2)3/h5-7,9-10H,4,8H2,1-3H3. The summed E-state index contributed by atoms with van der Waals surface area (Å²) < 4.78 is 8.71. The molecular weight excluding hydrogens is 244 g/mol. The Morgan fingerprint density at radius 3 is 2.89 bits per heavy atom. The predicted octanol–water partition coefficient (Wildman–Crippen LogP) is 1.89. The molecule has 0 aliphatic heterocycles. The third-order valence-electron chi connectivity index (χ3n) is 2.77. The molecule has 19 heavy (non-hydrogen) atoms. The number of esters is 1. The monoisotopic (exact) mass is 262 g/mol. The Morgan fingerprint density at radius 2 is 2.21 bits per heavy atom. The minimum absolute atomic E-state index is 0.342. The van der Waals surface area contributed by atoms with Gasteiger partial charge in [-0.15, -0.1) is 0 Å². The smallest absolute Gasteiger partial charge is 0.341 e. The van der Waals surface area contributed by atoms with E-state index in [4.69, 9.17) is 4.74 Å². The maximum Gasteiger partial charge on any atom is 0.341 e. The number of hydrogen-bond acceptors (Lipinski definition) is 4. The summed E-state index contributed by atoms with van der Waals surface area (Å²) in [7, 11) is 0. The molecule has 0 saturated carbocycles. The van der Waals surface area contributed by atoms with Crippen molar-refractivity contribution in [3.63, 3.8) is 0 Å². The molecule has 6 heteroatoms. The summed E-state index contributed by atoms with van der Waals surface area (Å²) in [6.07, 6.45) is 6.82. The van der Waals surface area contributed by atoms with Crippen molar-refractivity contribution in [3.8, 4) is 0 Å². The average Bonchev–Trinajstić information content (AvgIpc) is 2.99. The maximum atomic E-state index is 11.5. The first-order valence-corrected chi connectivity index (χ1v) is 6.32. The zero-order valence-corrected chi connectivity index (χ0v) is 11.4. The second kappa shape index (κ2) is 5.69. The van der Waals surface area contributed by atoms with E-state index in [2.05, 4.69) is 28.5 Å². The van der Waals surface area contributed by atoms with E-state index in [9.17, 15) is 4.79 Å². The minimum atomic E-state index is -0.342. The molecule has 2 aromatic heterocycles. The van der Waals surface area contributed by atoms with Gasteiger partial charge in [-0.2, -0.15) is 5.10 Å². The molecule has 0 saturated heterocycles. The van der Waals surface area contributed by atoms with E-state index in [1.807, 2.05) is 6.20 Å². The van der Waals surface area contributed by atoms with Crippen LogP contribution in [0.3, 0.4) is 0 Å². The quantitative estimate of drug-likeness (QED) is 0.772. The number of carbonyl (C=O) groups excluding carboxylic acids is 1. The van der Waals surface area contributed by atoms with E-state index in [-0.39, 0.29) is 5.97 Å². The topological polar surface area (TPSA) is 61.9 Å². The van der Waals surface area contributed by atoms with Crippen molar-refractivity contribution >= 4 is 5.97 Å². The fourth-order valence-electron chi connectivity index (χ4n) is 1.86. The zero-order chi connectivity index (χ0) is 13.8. The SMILES string of the molecule is CCOC(=O)c1cnn(Cc2cncn2C(C)C)c1. The number of imidazole rings is 1. The van der Waals surface area contributed by atoms with Crippen LogP contribution in [0.1, 0.15) is 42.9 Å². The summed E-state index contributed by atoms with van der Waals surface area (Å²) in [5.41, 5.74) is 1.52. The third kappa shape index (κ3) is 3.01. The first-order chi connectivity index (χ1) is 9.11. The molecule has 0 radical (unpaired) electrons. The molecule has 0 N–H and O–H groups in total. The third-order valence-corrected chi connectivity index (χ3v) is 2.77. The summed E-state index contributed by atoms with van der Waals surface area (Å²) in [5.74, 6) is -0.342. The van der Waals surface area contributed by atoms with Gasteiger partial charge in [-0.25, -0.2) is 9.78 Å². The van der Waals surface area contributed by atoms with Crippen molar-refractivity contribution in [1.29, 1.82) is 0 Å². The van der Waals surface area contributed by atoms with Gasteiger partial charge >= 0.3 is 5.97 Å². The van der Waals surface area contributed by atoms with E-state index in [0.717, 1.165) is 5.69 Å². The molecular formula is C13H18N4O2. The van der Waals surface area contributed by atoms with E-state index in [1.54, 1.807) is 24.1 Å². The number of rotatable bonds is 5. The van der Waals surface area contributed by atoms with Gasteiger partial charge in [0.1, 0.15) is 0 Å². The lowest BCUT2D eigenvalue weighted by atomic mass is 10.3. The molecule has 6 nitrogen and oxygen atoms in total. The highest BCUT2D eigenvalue weighted by atomic mass is 16.5. The molecule has 2 heterocycles. The molecule has 0 fully saturated rings. The van der Waals surface area contributed by atoms with E-state index < -0.39 is 0 Å². The second-order valence-electron chi connectivity index (χ2n) is 4.53. The predicted molar refractivity (Wildman–Crippen MR) is 69.9 cm³/mol. The maximum absolute atomic E-state index is 11.5. The molecule has 2 rings (SSSR count). The van der Waals surface area contributed by atoms with Crippen LogP contribution in [0.2, 0.25) is 0 Å². The summed E-state index contributed by atoms with van der Waals surface area (Å²) in [6, 6.07) is 0.345. The Kier molecular flexibility index (Phi) is 3.99. The Labute approximate surface area is 112 Å². The van der Waals surface area contributed by atoms with Crippen molar-refractivity contribution in [1.82, 2.24) is 19.3 Å². The van der Waals surface area contributed by atoms with Gasteiger partial charge in [0.15, 0.2) is 0 Å². The van der Waals surface area contributed by atoms with Crippen LogP contribution in [-0.4, -0.2) is 31.9 Å². The van der Waals surface area contributed by atoms with Gasteiger partial charge in [-0.3, -0.25) is 4.68 Å². The lowest BCUT2D eigenvalue weighted by Crippen LogP contribution is -2.09. The van der Waals surface area contributed by atoms with Crippen LogP contribution >= 0.6 is 0 Å². The molecule has 0 unspecified atom stereocenters. The Balaban J connectivity index is 2.11. The molecule has 0 bridgehead atoms. The fourth-order valence-corrected chi connectivity index (χ4v) is 1.86. The molecule has 102 valence electrons. The number of ether oxygens (including phenoxy) is 1. The second-order valence-corrected chi connectivity index (χ2v) is 4.53. The van der Waals surface area contributed by atoms with Crippen molar-refractivity contribution in [3.05, 3.63) is 36.2 Å². The molecule has 0 amide bonds. The van der Waals surface area contributed by atoms with Crippen LogP contribution in [0.15, 0.2) is 24.9 Å². The lowest BCUT2D eigenvalue weighted by molar-refractivity contribution is 0.0526. The van der Waals surface area contributed by atoms with Gasteiger partial charge in [0, 0.05) is 12.2 Å². The van der Waals surface area contributed by atoms with Gasteiger partial charge < -0.3 is 9.30 Å². The highest BCUT2D eigenvalue weighted by Crippen LogP contribution is 2.10. The molecule has 0 aromatic carbocycles. The fraction of sp³-hybridized carbons (Fsp3) is 0.462. The van der Waals surface area contributed by atoms with E-state index in [1.165, 1.54) is 6.20 Å². The van der Waals surface area contributed by atoms with Crippen LogP contribution in [0.4, 0.5) is 0 Å². The summed E-state index contributed by atoms with van der Waals surface area (Å²) >= 11 is 0. The van der Waals surface area contributed by atoms with Gasteiger partial charge in [0.05, 0.1) is 43.1 Å². The van der Waals surface area contributed by atoms with Gasteiger partial charge in [-0.1, -0.05) is 0 Å². The van der Waals surface area contributed by atoms with Gasteiger partial charge in [0.25, 0.3) is 0 Å². The number of carbonyl (C=O) groups is 1. The van der Waals surface area contributed by atoms with Gasteiger partial charge in [0.2, 0.25) is 0 Å². The van der Waals surface area contributed by atoms with Crippen molar-refractivity contribution in [2.75, 3.05) is 6.61 Å². The van der Waals surface area contributed by atoms with Crippen molar-refractivity contribution in [2.45, 2.75) is 33.4 Å². The first kappa shape index (κ1) is 13.3. The molecule has 0 aliphatic rings. The van der Waals surface area contributed by atoms with Crippen LogP contribution in [0.25, 0.3) is 0 Å². The van der Waals surface area contributed by atoms with Crippen LogP contribution in [0.5, 0.6) is 0 Å². The Hall–Kier alpha value is -2.11. The van der Waals surface area contributed by atoms with Crippen LogP contribution < -0.4 is 0 Å². The minimum Gasteiger partial charge on any atom is -0.462 e. The van der Waals surface area contributed by atoms with Crippen LogP contribution in [0, 0.1) is 0 Å².